The maximum absolute atomic E-state index is 10.5. The fourth-order valence-electron chi connectivity index (χ4n) is 0.436. The number of hydrogen-bond donors (Lipinski definition) is 2. The molecule has 0 aliphatic rings. The Labute approximate surface area is 58.8 Å². The Kier molecular flexibility index (Phi) is 4.53. The highest BCUT2D eigenvalue weighted by molar-refractivity contribution is 7.98. The topological polar surface area (TPSA) is 49.3 Å². The van der Waals surface area contributed by atoms with Crippen molar-refractivity contribution in [3.05, 3.63) is 0 Å². The summed E-state index contributed by atoms with van der Waals surface area (Å²) in [5.41, 5.74) is 1.60. The number of nitrogens with one attached hydrogen (secondary N) is 1. The van der Waals surface area contributed by atoms with Crippen LogP contribution in [0.3, 0.4) is 0 Å². The van der Waals surface area contributed by atoms with Crippen LogP contribution in [-0.4, -0.2) is 23.1 Å². The van der Waals surface area contributed by atoms with Crippen molar-refractivity contribution >= 4 is 17.7 Å². The van der Waals surface area contributed by atoms with Crippen LogP contribution in [0.1, 0.15) is 6.92 Å². The number of rotatable bonds is 3. The quantitative estimate of drug-likeness (QED) is 0.453. The predicted molar refractivity (Wildman–Crippen MR) is 37.5 cm³/mol. The first-order valence-electron chi connectivity index (χ1n) is 2.65. The average Bonchev–Trinajstić information content (AvgIpc) is 1.87. The molecule has 3 nitrogen and oxygen atoms in total. The standard InChI is InChI=1S/C5H11NO2S/c1-4(3-9-2)5(7)6-8/h4,8H,3H2,1-2H3,(H,6,7). The lowest BCUT2D eigenvalue weighted by atomic mass is 10.2. The summed E-state index contributed by atoms with van der Waals surface area (Å²) in [7, 11) is 0. The minimum atomic E-state index is -0.315. The molecule has 1 atom stereocenters. The third-order valence-electron chi connectivity index (χ3n) is 0.974. The molecule has 1 amide bonds. The summed E-state index contributed by atoms with van der Waals surface area (Å²) in [4.78, 5) is 10.5. The first-order chi connectivity index (χ1) is 4.22. The molecule has 0 aliphatic heterocycles. The maximum atomic E-state index is 10.5. The van der Waals surface area contributed by atoms with Crippen molar-refractivity contribution in [3.8, 4) is 0 Å². The zero-order valence-corrected chi connectivity index (χ0v) is 6.36. The molecule has 0 radical (unpaired) electrons. The zero-order valence-electron chi connectivity index (χ0n) is 5.55. The van der Waals surface area contributed by atoms with Gasteiger partial charge in [0.15, 0.2) is 0 Å². The molecular formula is C5H11NO2S. The molecule has 0 saturated heterocycles. The first-order valence-corrected chi connectivity index (χ1v) is 4.04. The Bertz CT molecular complexity index is 97.0. The number of hydroxylamine groups is 1. The second kappa shape index (κ2) is 4.64. The van der Waals surface area contributed by atoms with E-state index in [1.54, 1.807) is 24.2 Å². The molecule has 0 aromatic rings. The molecule has 2 N–H and O–H groups in total. The lowest BCUT2D eigenvalue weighted by Gasteiger charge is -2.04. The second-order valence-corrected chi connectivity index (χ2v) is 2.74. The fraction of sp³-hybridized carbons (Fsp3) is 0.800. The van der Waals surface area contributed by atoms with Gasteiger partial charge in [-0.15, -0.1) is 0 Å². The van der Waals surface area contributed by atoms with Crippen LogP contribution in [0.2, 0.25) is 0 Å². The van der Waals surface area contributed by atoms with E-state index in [0.29, 0.717) is 0 Å². The third kappa shape index (κ3) is 3.37. The highest BCUT2D eigenvalue weighted by atomic mass is 32.2. The van der Waals surface area contributed by atoms with Gasteiger partial charge in [0, 0.05) is 11.7 Å². The summed E-state index contributed by atoms with van der Waals surface area (Å²) < 4.78 is 0. The van der Waals surface area contributed by atoms with Crippen LogP contribution in [-0.2, 0) is 4.79 Å². The molecule has 0 aliphatic carbocycles. The Morgan fingerprint density at radius 3 is 2.78 bits per heavy atom. The number of thioether (sulfide) groups is 1. The van der Waals surface area contributed by atoms with Crippen molar-refractivity contribution in [1.82, 2.24) is 5.48 Å². The van der Waals surface area contributed by atoms with Gasteiger partial charge >= 0.3 is 0 Å². The zero-order chi connectivity index (χ0) is 7.28. The fourth-order valence-corrected chi connectivity index (χ4v) is 1.09. The van der Waals surface area contributed by atoms with Gasteiger partial charge in [-0.1, -0.05) is 6.92 Å². The number of amides is 1. The molecule has 1 unspecified atom stereocenters. The summed E-state index contributed by atoms with van der Waals surface area (Å²) >= 11 is 1.58. The Morgan fingerprint density at radius 1 is 1.89 bits per heavy atom. The van der Waals surface area contributed by atoms with E-state index in [9.17, 15) is 4.79 Å². The Balaban J connectivity index is 3.45. The van der Waals surface area contributed by atoms with Gasteiger partial charge in [0.25, 0.3) is 0 Å². The van der Waals surface area contributed by atoms with E-state index in [4.69, 9.17) is 5.21 Å². The smallest absolute Gasteiger partial charge is 0.246 e. The molecule has 0 heterocycles. The Morgan fingerprint density at radius 2 is 2.44 bits per heavy atom. The van der Waals surface area contributed by atoms with Crippen LogP contribution in [0.5, 0.6) is 0 Å². The van der Waals surface area contributed by atoms with Gasteiger partial charge in [0.05, 0.1) is 0 Å². The monoisotopic (exact) mass is 149 g/mol. The van der Waals surface area contributed by atoms with Crippen molar-refractivity contribution in [2.24, 2.45) is 5.92 Å². The molecule has 0 saturated carbocycles. The van der Waals surface area contributed by atoms with E-state index in [1.165, 1.54) is 0 Å². The van der Waals surface area contributed by atoms with Gasteiger partial charge in [-0.3, -0.25) is 10.0 Å². The van der Waals surface area contributed by atoms with E-state index >= 15 is 0 Å². The van der Waals surface area contributed by atoms with E-state index in [1.807, 2.05) is 6.26 Å². The molecule has 0 fully saturated rings. The highest BCUT2D eigenvalue weighted by Crippen LogP contribution is 2.02. The van der Waals surface area contributed by atoms with Crippen molar-refractivity contribution in [1.29, 1.82) is 0 Å². The minimum absolute atomic E-state index is 0.106. The lowest BCUT2D eigenvalue weighted by Crippen LogP contribution is -2.27. The molecule has 0 bridgehead atoms. The molecule has 0 rings (SSSR count). The van der Waals surface area contributed by atoms with Gasteiger partial charge in [-0.05, 0) is 6.26 Å². The van der Waals surface area contributed by atoms with Crippen molar-refractivity contribution in [2.75, 3.05) is 12.0 Å². The molecule has 9 heavy (non-hydrogen) atoms. The predicted octanol–water partition coefficient (Wildman–Crippen LogP) is 0.491. The Hall–Kier alpha value is -0.220. The molecule has 54 valence electrons. The van der Waals surface area contributed by atoms with Gasteiger partial charge in [-0.25, -0.2) is 5.48 Å². The largest absolute Gasteiger partial charge is 0.289 e. The van der Waals surface area contributed by atoms with Crippen molar-refractivity contribution < 1.29 is 10.0 Å². The van der Waals surface area contributed by atoms with Gasteiger partial charge in [0.1, 0.15) is 0 Å². The second-order valence-electron chi connectivity index (χ2n) is 1.83. The van der Waals surface area contributed by atoms with Crippen LogP contribution in [0.15, 0.2) is 0 Å². The molecule has 0 spiro atoms. The van der Waals surface area contributed by atoms with Crippen molar-refractivity contribution in [3.63, 3.8) is 0 Å². The van der Waals surface area contributed by atoms with E-state index in [-0.39, 0.29) is 11.8 Å². The van der Waals surface area contributed by atoms with E-state index in [0.717, 1.165) is 5.75 Å². The highest BCUT2D eigenvalue weighted by Gasteiger charge is 2.09. The van der Waals surface area contributed by atoms with E-state index in [2.05, 4.69) is 0 Å². The molecular weight excluding hydrogens is 138 g/mol. The number of carbonyl (C=O) groups excluding carboxylic acids is 1. The van der Waals surface area contributed by atoms with Gasteiger partial charge in [0.2, 0.25) is 5.91 Å². The maximum Gasteiger partial charge on any atom is 0.246 e. The van der Waals surface area contributed by atoms with Crippen LogP contribution in [0.25, 0.3) is 0 Å². The molecule has 4 heteroatoms. The minimum Gasteiger partial charge on any atom is -0.289 e. The van der Waals surface area contributed by atoms with Crippen LogP contribution >= 0.6 is 11.8 Å². The van der Waals surface area contributed by atoms with Crippen LogP contribution in [0, 0.1) is 5.92 Å². The van der Waals surface area contributed by atoms with Crippen molar-refractivity contribution in [2.45, 2.75) is 6.92 Å². The third-order valence-corrected chi connectivity index (χ3v) is 1.81. The molecule has 0 aromatic heterocycles. The summed E-state index contributed by atoms with van der Waals surface area (Å²) in [5, 5.41) is 8.12. The summed E-state index contributed by atoms with van der Waals surface area (Å²) in [6.07, 6.45) is 1.92. The van der Waals surface area contributed by atoms with Crippen LogP contribution in [0.4, 0.5) is 0 Å². The first kappa shape index (κ1) is 8.78. The summed E-state index contributed by atoms with van der Waals surface area (Å²) in [5.74, 6) is 0.321. The lowest BCUT2D eigenvalue weighted by molar-refractivity contribution is -0.132. The normalized spacial score (nSPS) is 12.8. The SMILES string of the molecule is CSCC(C)C(=O)NO. The molecule has 0 aromatic carbocycles. The summed E-state index contributed by atoms with van der Waals surface area (Å²) in [6, 6.07) is 0. The average molecular weight is 149 g/mol. The van der Waals surface area contributed by atoms with Gasteiger partial charge < -0.3 is 0 Å². The number of hydrogen-bond acceptors (Lipinski definition) is 3. The number of carbonyl (C=O) groups is 1. The van der Waals surface area contributed by atoms with Gasteiger partial charge in [-0.2, -0.15) is 11.8 Å². The summed E-state index contributed by atoms with van der Waals surface area (Å²) in [6.45, 7) is 1.77. The van der Waals surface area contributed by atoms with Crippen LogP contribution < -0.4 is 5.48 Å². The van der Waals surface area contributed by atoms with E-state index < -0.39 is 0 Å².